The summed E-state index contributed by atoms with van der Waals surface area (Å²) in [5.74, 6) is 0.198. The molecule has 1 aliphatic heterocycles. The molecule has 0 bridgehead atoms. The fourth-order valence-corrected chi connectivity index (χ4v) is 6.01. The number of aromatic nitrogens is 2. The highest BCUT2D eigenvalue weighted by Crippen LogP contribution is 2.44. The van der Waals surface area contributed by atoms with Crippen LogP contribution in [-0.2, 0) is 27.1 Å². The molecule has 0 aromatic carbocycles. The second-order valence-electron chi connectivity index (χ2n) is 7.45. The summed E-state index contributed by atoms with van der Waals surface area (Å²) in [7, 11) is 1.98. The Hall–Kier alpha value is -2.32. The van der Waals surface area contributed by atoms with E-state index >= 15 is 0 Å². The SMILES string of the molecule is CCOC(=O)C1=C(C)NC2=C(C(=O)CCC2)C1c1cc(CSc2nccn2C)cs1. The van der Waals surface area contributed by atoms with Crippen LogP contribution >= 0.6 is 23.1 Å². The van der Waals surface area contributed by atoms with Crippen molar-refractivity contribution in [1.29, 1.82) is 0 Å². The van der Waals surface area contributed by atoms with E-state index in [-0.39, 0.29) is 17.7 Å². The number of ether oxygens (including phenoxy) is 1. The van der Waals surface area contributed by atoms with Gasteiger partial charge in [0.1, 0.15) is 0 Å². The number of ketones is 1. The maximum absolute atomic E-state index is 12.9. The van der Waals surface area contributed by atoms with Crippen molar-refractivity contribution in [1.82, 2.24) is 14.9 Å². The summed E-state index contributed by atoms with van der Waals surface area (Å²) in [6.45, 7) is 4.00. The topological polar surface area (TPSA) is 73.2 Å². The molecule has 0 fully saturated rings. The number of thiophene rings is 1. The predicted octanol–water partition coefficient (Wildman–Crippen LogP) is 4.30. The fourth-order valence-electron chi connectivity index (χ4n) is 4.01. The van der Waals surface area contributed by atoms with Crippen LogP contribution in [-0.4, -0.2) is 27.9 Å². The molecule has 0 saturated carbocycles. The van der Waals surface area contributed by atoms with Gasteiger partial charge in [-0.05, 0) is 43.7 Å². The van der Waals surface area contributed by atoms with Gasteiger partial charge in [0.05, 0.1) is 18.1 Å². The number of dihydropyridines is 1. The Bertz CT molecular complexity index is 1050. The van der Waals surface area contributed by atoms with Crippen molar-refractivity contribution in [2.24, 2.45) is 7.05 Å². The number of Topliss-reactive ketones (excluding diaryl/α,β-unsaturated/α-hetero) is 1. The summed E-state index contributed by atoms with van der Waals surface area (Å²) < 4.78 is 7.35. The van der Waals surface area contributed by atoms with E-state index in [1.54, 1.807) is 36.2 Å². The van der Waals surface area contributed by atoms with Gasteiger partial charge in [0.15, 0.2) is 10.9 Å². The van der Waals surface area contributed by atoms with Gasteiger partial charge in [0, 0.05) is 53.5 Å². The molecule has 1 aliphatic carbocycles. The summed E-state index contributed by atoms with van der Waals surface area (Å²) in [6, 6.07) is 2.12. The molecule has 1 unspecified atom stereocenters. The van der Waals surface area contributed by atoms with Gasteiger partial charge in [-0.25, -0.2) is 9.78 Å². The minimum absolute atomic E-state index is 0.125. The first-order valence-corrected chi connectivity index (χ1v) is 11.9. The van der Waals surface area contributed by atoms with E-state index in [4.69, 9.17) is 4.74 Å². The summed E-state index contributed by atoms with van der Waals surface area (Å²) in [4.78, 5) is 31.1. The molecule has 2 aromatic heterocycles. The predicted molar refractivity (Wildman–Crippen MR) is 118 cm³/mol. The number of imidazole rings is 1. The van der Waals surface area contributed by atoms with Gasteiger partial charge in [0.25, 0.3) is 0 Å². The average Bonchev–Trinajstić information content (AvgIpc) is 3.34. The lowest BCUT2D eigenvalue weighted by atomic mass is 9.78. The van der Waals surface area contributed by atoms with Crippen LogP contribution in [0, 0.1) is 0 Å². The zero-order valence-electron chi connectivity index (χ0n) is 17.4. The Kier molecular flexibility index (Phi) is 6.15. The molecular weight excluding hydrogens is 418 g/mol. The van der Waals surface area contributed by atoms with Crippen molar-refractivity contribution in [2.75, 3.05) is 6.61 Å². The van der Waals surface area contributed by atoms with Gasteiger partial charge < -0.3 is 14.6 Å². The van der Waals surface area contributed by atoms with Crippen molar-refractivity contribution in [3.05, 3.63) is 56.8 Å². The molecule has 4 rings (SSSR count). The van der Waals surface area contributed by atoms with Crippen LogP contribution < -0.4 is 5.32 Å². The average molecular weight is 444 g/mol. The third kappa shape index (κ3) is 3.98. The number of nitrogens with zero attached hydrogens (tertiary/aromatic N) is 2. The molecule has 1 atom stereocenters. The van der Waals surface area contributed by atoms with E-state index in [0.29, 0.717) is 18.6 Å². The summed E-state index contributed by atoms with van der Waals surface area (Å²) in [5, 5.41) is 6.39. The number of carbonyl (C=O) groups is 2. The number of esters is 1. The van der Waals surface area contributed by atoms with Crippen molar-refractivity contribution in [2.45, 2.75) is 49.9 Å². The number of carbonyl (C=O) groups excluding carboxylic acids is 2. The monoisotopic (exact) mass is 443 g/mol. The van der Waals surface area contributed by atoms with Gasteiger partial charge in [-0.1, -0.05) is 11.8 Å². The molecule has 1 N–H and O–H groups in total. The van der Waals surface area contributed by atoms with Gasteiger partial charge in [-0.2, -0.15) is 0 Å². The lowest BCUT2D eigenvalue weighted by Crippen LogP contribution is -2.34. The third-order valence-corrected chi connectivity index (χ3v) is 7.55. The molecule has 0 amide bonds. The van der Waals surface area contributed by atoms with Crippen molar-refractivity contribution < 1.29 is 14.3 Å². The normalized spacial score (nSPS) is 19.0. The van der Waals surface area contributed by atoms with E-state index in [2.05, 4.69) is 21.7 Å². The maximum Gasteiger partial charge on any atom is 0.336 e. The second kappa shape index (κ2) is 8.81. The van der Waals surface area contributed by atoms with Crippen molar-refractivity contribution in [3.63, 3.8) is 0 Å². The minimum Gasteiger partial charge on any atom is -0.463 e. The molecule has 8 heteroatoms. The van der Waals surface area contributed by atoms with Crippen molar-refractivity contribution in [3.8, 4) is 0 Å². The summed E-state index contributed by atoms with van der Waals surface area (Å²) >= 11 is 3.27. The number of hydrogen-bond acceptors (Lipinski definition) is 7. The lowest BCUT2D eigenvalue weighted by Gasteiger charge is -2.33. The molecule has 158 valence electrons. The third-order valence-electron chi connectivity index (χ3n) is 5.37. The summed E-state index contributed by atoms with van der Waals surface area (Å²) in [6.07, 6.45) is 5.92. The van der Waals surface area contributed by atoms with Gasteiger partial charge in [-0.15, -0.1) is 11.3 Å². The highest BCUT2D eigenvalue weighted by molar-refractivity contribution is 7.98. The molecular formula is C22H25N3O3S2. The van der Waals surface area contributed by atoms with Crippen LogP contribution in [0.25, 0.3) is 0 Å². The molecule has 0 radical (unpaired) electrons. The Morgan fingerprint density at radius 1 is 1.43 bits per heavy atom. The van der Waals surface area contributed by atoms with E-state index in [9.17, 15) is 9.59 Å². The largest absolute Gasteiger partial charge is 0.463 e. The van der Waals surface area contributed by atoms with E-state index in [1.807, 2.05) is 24.7 Å². The van der Waals surface area contributed by atoms with Crippen LogP contribution in [0.5, 0.6) is 0 Å². The highest BCUT2D eigenvalue weighted by atomic mass is 32.2. The quantitative estimate of drug-likeness (QED) is 0.530. The molecule has 0 saturated heterocycles. The standard InChI is InChI=1S/C22H25N3O3S2/c1-4-28-21(27)18-13(2)24-15-6-5-7-16(26)19(15)20(18)17-10-14(11-29-17)12-30-22-23-8-9-25(22)3/h8-11,20,24H,4-7,12H2,1-3H3. The smallest absolute Gasteiger partial charge is 0.336 e. The second-order valence-corrected chi connectivity index (χ2v) is 9.34. The molecule has 2 aliphatic rings. The number of hydrogen-bond donors (Lipinski definition) is 1. The van der Waals surface area contributed by atoms with Crippen LogP contribution in [0.2, 0.25) is 0 Å². The minimum atomic E-state index is -0.356. The number of allylic oxidation sites excluding steroid dienone is 3. The zero-order chi connectivity index (χ0) is 21.3. The number of rotatable bonds is 6. The fraction of sp³-hybridized carbons (Fsp3) is 0.409. The van der Waals surface area contributed by atoms with Crippen LogP contribution in [0.3, 0.4) is 0 Å². The van der Waals surface area contributed by atoms with Crippen molar-refractivity contribution >= 4 is 34.9 Å². The van der Waals surface area contributed by atoms with Crippen LogP contribution in [0.15, 0.2) is 51.5 Å². The molecule has 2 aromatic rings. The lowest BCUT2D eigenvalue weighted by molar-refractivity contribution is -0.138. The first-order chi connectivity index (χ1) is 14.5. The van der Waals surface area contributed by atoms with E-state index < -0.39 is 0 Å². The number of aryl methyl sites for hydroxylation is 1. The van der Waals surface area contributed by atoms with Crippen LogP contribution in [0.4, 0.5) is 0 Å². The molecule has 30 heavy (non-hydrogen) atoms. The Labute approximate surface area is 184 Å². The Morgan fingerprint density at radius 3 is 3.00 bits per heavy atom. The number of thioether (sulfide) groups is 1. The first-order valence-electron chi connectivity index (χ1n) is 10.1. The molecule has 6 nitrogen and oxygen atoms in total. The van der Waals surface area contributed by atoms with Crippen LogP contribution in [0.1, 0.15) is 49.5 Å². The zero-order valence-corrected chi connectivity index (χ0v) is 19.0. The molecule has 3 heterocycles. The molecule has 0 spiro atoms. The number of nitrogens with one attached hydrogen (secondary N) is 1. The maximum atomic E-state index is 12.9. The summed E-state index contributed by atoms with van der Waals surface area (Å²) in [5.41, 5.74) is 4.19. The Balaban J connectivity index is 1.67. The first kappa shape index (κ1) is 20.9. The van der Waals surface area contributed by atoms with E-state index in [1.165, 1.54) is 0 Å². The van der Waals surface area contributed by atoms with Gasteiger partial charge >= 0.3 is 5.97 Å². The highest BCUT2D eigenvalue weighted by Gasteiger charge is 2.39. The van der Waals surface area contributed by atoms with Gasteiger partial charge in [0.2, 0.25) is 0 Å². The van der Waals surface area contributed by atoms with E-state index in [0.717, 1.165) is 51.2 Å². The Morgan fingerprint density at radius 2 is 2.27 bits per heavy atom. The van der Waals surface area contributed by atoms with Gasteiger partial charge in [-0.3, -0.25) is 4.79 Å².